The van der Waals surface area contributed by atoms with Gasteiger partial charge in [-0.1, -0.05) is 24.3 Å². The van der Waals surface area contributed by atoms with Crippen molar-refractivity contribution in [2.24, 2.45) is 0 Å². The molecule has 32 heavy (non-hydrogen) atoms. The Kier molecular flexibility index (Phi) is 4.78. The Bertz CT molecular complexity index is 1470. The van der Waals surface area contributed by atoms with E-state index in [1.54, 1.807) is 29.1 Å². The molecule has 0 saturated carbocycles. The molecule has 3 aromatic heterocycles. The van der Waals surface area contributed by atoms with Crippen molar-refractivity contribution in [2.75, 3.05) is 5.32 Å². The summed E-state index contributed by atoms with van der Waals surface area (Å²) in [5, 5.41) is 8.52. The number of carbonyl (C=O) groups is 1. The van der Waals surface area contributed by atoms with Gasteiger partial charge in [-0.05, 0) is 56.3 Å². The van der Waals surface area contributed by atoms with Gasteiger partial charge in [0, 0.05) is 16.5 Å². The van der Waals surface area contributed by atoms with Gasteiger partial charge in [0.1, 0.15) is 6.54 Å². The van der Waals surface area contributed by atoms with Crippen molar-refractivity contribution < 1.29 is 4.79 Å². The van der Waals surface area contributed by atoms with Gasteiger partial charge < -0.3 is 9.88 Å². The lowest BCUT2D eigenvalue weighted by Gasteiger charge is -2.15. The van der Waals surface area contributed by atoms with Crippen LogP contribution in [0.25, 0.3) is 27.6 Å². The third-order valence-electron chi connectivity index (χ3n) is 5.44. The normalized spacial score (nSPS) is 11.2. The van der Waals surface area contributed by atoms with E-state index >= 15 is 0 Å². The third-order valence-corrected chi connectivity index (χ3v) is 5.44. The lowest BCUT2D eigenvalue weighted by atomic mass is 10.1. The second kappa shape index (κ2) is 7.77. The Hall–Kier alpha value is -4.26. The molecule has 7 nitrogen and oxygen atoms in total. The summed E-state index contributed by atoms with van der Waals surface area (Å²) in [6.07, 6.45) is 1.62. The Balaban J connectivity index is 1.45. The van der Waals surface area contributed by atoms with Gasteiger partial charge in [0.05, 0.1) is 28.6 Å². The number of benzene rings is 2. The number of para-hydroxylation sites is 2. The summed E-state index contributed by atoms with van der Waals surface area (Å²) in [6.45, 7) is 3.97. The zero-order chi connectivity index (χ0) is 22.2. The number of amides is 1. The number of pyridine rings is 2. The fourth-order valence-corrected chi connectivity index (χ4v) is 4.04. The van der Waals surface area contributed by atoms with Gasteiger partial charge in [0.15, 0.2) is 11.2 Å². The first-order valence-corrected chi connectivity index (χ1v) is 10.3. The molecular weight excluding hydrogens is 402 g/mol. The molecule has 5 rings (SSSR count). The second-order valence-electron chi connectivity index (χ2n) is 7.74. The molecule has 0 fully saturated rings. The molecule has 7 heteroatoms. The summed E-state index contributed by atoms with van der Waals surface area (Å²) in [5.41, 5.74) is 3.92. The molecule has 0 atom stereocenters. The van der Waals surface area contributed by atoms with E-state index in [0.717, 1.165) is 22.4 Å². The highest BCUT2D eigenvalue weighted by molar-refractivity contribution is 5.97. The number of hydrogen-bond donors (Lipinski definition) is 1. The topological polar surface area (TPSA) is 81.8 Å². The van der Waals surface area contributed by atoms with Crippen LogP contribution in [-0.2, 0) is 11.3 Å². The SMILES string of the molecule is Cc1cc(C)n(-c2ccc(NC(=O)Cn3c4ccccc4c(=O)c4ccccc43)cn2)n1. The fourth-order valence-electron chi connectivity index (χ4n) is 4.04. The summed E-state index contributed by atoms with van der Waals surface area (Å²) >= 11 is 0. The van der Waals surface area contributed by atoms with E-state index in [1.165, 1.54) is 0 Å². The Morgan fingerprint density at radius 3 is 2.16 bits per heavy atom. The quantitative estimate of drug-likeness (QED) is 0.443. The number of hydrogen-bond acceptors (Lipinski definition) is 4. The fraction of sp³-hybridized carbons (Fsp3) is 0.120. The highest BCUT2D eigenvalue weighted by Crippen LogP contribution is 2.19. The largest absolute Gasteiger partial charge is 0.331 e. The maximum atomic E-state index is 12.9. The summed E-state index contributed by atoms with van der Waals surface area (Å²) in [5.74, 6) is 0.482. The third kappa shape index (κ3) is 3.43. The van der Waals surface area contributed by atoms with Crippen molar-refractivity contribution >= 4 is 33.4 Å². The van der Waals surface area contributed by atoms with Gasteiger partial charge in [-0.3, -0.25) is 9.59 Å². The van der Waals surface area contributed by atoms with E-state index in [2.05, 4.69) is 15.4 Å². The van der Waals surface area contributed by atoms with Gasteiger partial charge in [0.25, 0.3) is 0 Å². The lowest BCUT2D eigenvalue weighted by molar-refractivity contribution is -0.116. The van der Waals surface area contributed by atoms with Gasteiger partial charge in [-0.2, -0.15) is 5.10 Å². The number of nitrogens with one attached hydrogen (secondary N) is 1. The predicted octanol–water partition coefficient (Wildman–Crippen LogP) is 3.99. The number of fused-ring (bicyclic) bond motifs is 2. The lowest BCUT2D eigenvalue weighted by Crippen LogP contribution is -2.21. The van der Waals surface area contributed by atoms with Gasteiger partial charge >= 0.3 is 0 Å². The zero-order valence-corrected chi connectivity index (χ0v) is 17.7. The van der Waals surface area contributed by atoms with E-state index in [1.807, 2.05) is 66.9 Å². The minimum Gasteiger partial charge on any atom is -0.331 e. The smallest absolute Gasteiger partial charge is 0.244 e. The van der Waals surface area contributed by atoms with Crippen LogP contribution in [0.15, 0.2) is 77.7 Å². The van der Waals surface area contributed by atoms with Crippen molar-refractivity contribution in [3.05, 3.63) is 94.5 Å². The molecule has 1 N–H and O–H groups in total. The van der Waals surface area contributed by atoms with Crippen LogP contribution in [0.1, 0.15) is 11.4 Å². The minimum absolute atomic E-state index is 0.0307. The predicted molar refractivity (Wildman–Crippen MR) is 125 cm³/mol. The van der Waals surface area contributed by atoms with Crippen LogP contribution >= 0.6 is 0 Å². The first kappa shape index (κ1) is 19.7. The number of anilines is 1. The first-order chi connectivity index (χ1) is 15.5. The number of carbonyl (C=O) groups excluding carboxylic acids is 1. The van der Waals surface area contributed by atoms with Crippen LogP contribution in [-0.4, -0.2) is 25.2 Å². The van der Waals surface area contributed by atoms with Crippen molar-refractivity contribution in [1.29, 1.82) is 0 Å². The zero-order valence-electron chi connectivity index (χ0n) is 17.7. The summed E-state index contributed by atoms with van der Waals surface area (Å²) in [4.78, 5) is 30.2. The highest BCUT2D eigenvalue weighted by Gasteiger charge is 2.13. The summed E-state index contributed by atoms with van der Waals surface area (Å²) in [7, 11) is 0. The molecule has 0 aliphatic heterocycles. The van der Waals surface area contributed by atoms with E-state index in [-0.39, 0.29) is 17.9 Å². The average Bonchev–Trinajstić information content (AvgIpc) is 3.15. The number of aryl methyl sites for hydroxylation is 2. The summed E-state index contributed by atoms with van der Waals surface area (Å²) in [6, 6.07) is 20.3. The minimum atomic E-state index is -0.204. The molecule has 1 amide bonds. The van der Waals surface area contributed by atoms with Crippen molar-refractivity contribution in [2.45, 2.75) is 20.4 Å². The van der Waals surface area contributed by atoms with Gasteiger partial charge in [0.2, 0.25) is 5.91 Å². The molecule has 0 aliphatic rings. The van der Waals surface area contributed by atoms with E-state index in [9.17, 15) is 9.59 Å². The molecule has 0 bridgehead atoms. The maximum Gasteiger partial charge on any atom is 0.244 e. The van der Waals surface area contributed by atoms with Crippen LogP contribution in [0.4, 0.5) is 5.69 Å². The molecule has 0 saturated heterocycles. The first-order valence-electron chi connectivity index (χ1n) is 10.3. The molecular formula is C25H21N5O2. The van der Waals surface area contributed by atoms with Gasteiger partial charge in [-0.15, -0.1) is 0 Å². The molecule has 3 heterocycles. The highest BCUT2D eigenvalue weighted by atomic mass is 16.2. The standard InChI is InChI=1S/C25H21N5O2/c1-16-13-17(2)30(28-16)23-12-11-18(14-26-23)27-24(31)15-29-21-9-5-3-7-19(21)25(32)20-8-4-6-10-22(20)29/h3-14H,15H2,1-2H3,(H,27,31). The van der Waals surface area contributed by atoms with Crippen LogP contribution in [0.5, 0.6) is 0 Å². The Morgan fingerprint density at radius 1 is 0.938 bits per heavy atom. The molecule has 158 valence electrons. The molecule has 0 radical (unpaired) electrons. The van der Waals surface area contributed by atoms with Crippen LogP contribution in [0, 0.1) is 13.8 Å². The molecule has 0 unspecified atom stereocenters. The summed E-state index contributed by atoms with van der Waals surface area (Å²) < 4.78 is 3.64. The Morgan fingerprint density at radius 2 is 1.59 bits per heavy atom. The maximum absolute atomic E-state index is 12.9. The van der Waals surface area contributed by atoms with E-state index < -0.39 is 0 Å². The van der Waals surface area contributed by atoms with Crippen LogP contribution < -0.4 is 10.7 Å². The molecule has 2 aromatic carbocycles. The van der Waals surface area contributed by atoms with Crippen LogP contribution in [0.2, 0.25) is 0 Å². The monoisotopic (exact) mass is 423 g/mol. The molecule has 5 aromatic rings. The van der Waals surface area contributed by atoms with Crippen molar-refractivity contribution in [3.63, 3.8) is 0 Å². The van der Waals surface area contributed by atoms with Crippen molar-refractivity contribution in [1.82, 2.24) is 19.3 Å². The van der Waals surface area contributed by atoms with E-state index in [4.69, 9.17) is 0 Å². The second-order valence-corrected chi connectivity index (χ2v) is 7.74. The molecule has 0 aliphatic carbocycles. The van der Waals surface area contributed by atoms with Gasteiger partial charge in [-0.25, -0.2) is 9.67 Å². The molecule has 0 spiro atoms. The number of nitrogens with zero attached hydrogens (tertiary/aromatic N) is 4. The number of aromatic nitrogens is 4. The Labute approximate surface area is 183 Å². The van der Waals surface area contributed by atoms with Crippen LogP contribution in [0.3, 0.4) is 0 Å². The number of rotatable bonds is 4. The average molecular weight is 423 g/mol. The van der Waals surface area contributed by atoms with E-state index in [0.29, 0.717) is 22.3 Å². The van der Waals surface area contributed by atoms with Crippen molar-refractivity contribution in [3.8, 4) is 5.82 Å².